The Hall–Kier alpha value is -0.600. The van der Waals surface area contributed by atoms with Crippen molar-refractivity contribution in [3.63, 3.8) is 0 Å². The van der Waals surface area contributed by atoms with Gasteiger partial charge in [-0.3, -0.25) is 0 Å². The first-order valence-corrected chi connectivity index (χ1v) is 6.61. The Balaban J connectivity index is 2.34. The predicted octanol–water partition coefficient (Wildman–Crippen LogP) is 3.89. The molecule has 0 radical (unpaired) electrons. The summed E-state index contributed by atoms with van der Waals surface area (Å²) in [5, 5.41) is 0.519. The van der Waals surface area contributed by atoms with E-state index in [1.54, 1.807) is 6.07 Å². The van der Waals surface area contributed by atoms with E-state index in [0.717, 1.165) is 24.3 Å². The number of benzene rings is 1. The van der Waals surface area contributed by atoms with E-state index in [-0.39, 0.29) is 11.2 Å². The van der Waals surface area contributed by atoms with Gasteiger partial charge in [-0.15, -0.1) is 0 Å². The number of hydrogen-bond donors (Lipinski definition) is 1. The van der Waals surface area contributed by atoms with Crippen LogP contribution in [0.15, 0.2) is 18.2 Å². The quantitative estimate of drug-likeness (QED) is 0.853. The van der Waals surface area contributed by atoms with Crippen molar-refractivity contribution in [2.75, 3.05) is 6.54 Å². The van der Waals surface area contributed by atoms with Gasteiger partial charge in [0.15, 0.2) is 0 Å². The molecule has 0 aliphatic heterocycles. The molecule has 1 saturated carbocycles. The summed E-state index contributed by atoms with van der Waals surface area (Å²) in [7, 11) is 0. The van der Waals surface area contributed by atoms with Crippen molar-refractivity contribution < 1.29 is 4.39 Å². The van der Waals surface area contributed by atoms with Crippen LogP contribution in [-0.4, -0.2) is 6.54 Å². The Morgan fingerprint density at radius 1 is 1.41 bits per heavy atom. The summed E-state index contributed by atoms with van der Waals surface area (Å²) < 4.78 is 13.1. The maximum absolute atomic E-state index is 13.1. The van der Waals surface area contributed by atoms with Crippen LogP contribution in [0.25, 0.3) is 0 Å². The monoisotopic (exact) mass is 255 g/mol. The van der Waals surface area contributed by atoms with Gasteiger partial charge in [0.2, 0.25) is 0 Å². The van der Waals surface area contributed by atoms with Crippen LogP contribution in [0.3, 0.4) is 0 Å². The summed E-state index contributed by atoms with van der Waals surface area (Å²) in [6, 6.07) is 4.68. The number of nitrogens with two attached hydrogens (primary N) is 1. The highest BCUT2D eigenvalue weighted by Gasteiger charge is 2.36. The minimum atomic E-state index is -0.282. The predicted molar refractivity (Wildman–Crippen MR) is 69.8 cm³/mol. The van der Waals surface area contributed by atoms with Gasteiger partial charge in [0, 0.05) is 17.0 Å². The van der Waals surface area contributed by atoms with Crippen LogP contribution in [-0.2, 0) is 5.41 Å². The van der Waals surface area contributed by atoms with Crippen LogP contribution >= 0.6 is 11.6 Å². The molecule has 3 heteroatoms. The second-order valence-electron chi connectivity index (χ2n) is 5.29. The molecule has 1 nitrogen and oxygen atoms in total. The molecule has 1 aromatic rings. The van der Waals surface area contributed by atoms with Crippen molar-refractivity contribution in [1.82, 2.24) is 0 Å². The van der Waals surface area contributed by atoms with E-state index in [9.17, 15) is 4.39 Å². The molecule has 1 fully saturated rings. The average molecular weight is 256 g/mol. The largest absolute Gasteiger partial charge is 0.330 e. The van der Waals surface area contributed by atoms with E-state index in [1.807, 2.05) is 0 Å². The van der Waals surface area contributed by atoms with Gasteiger partial charge >= 0.3 is 0 Å². The standard InChI is InChI=1S/C14H19ClFN/c1-10-4-6-14(9-17,7-5-10)12-3-2-11(16)8-13(12)15/h2-3,8,10H,4-7,9,17H2,1H3. The molecule has 1 aliphatic rings. The lowest BCUT2D eigenvalue weighted by Crippen LogP contribution is -2.38. The lowest BCUT2D eigenvalue weighted by molar-refractivity contribution is 0.247. The van der Waals surface area contributed by atoms with Crippen LogP contribution < -0.4 is 5.73 Å². The molecular weight excluding hydrogens is 237 g/mol. The van der Waals surface area contributed by atoms with E-state index in [0.29, 0.717) is 11.6 Å². The lowest BCUT2D eigenvalue weighted by Gasteiger charge is -2.39. The molecule has 94 valence electrons. The first kappa shape index (κ1) is 12.8. The first-order valence-electron chi connectivity index (χ1n) is 6.23. The highest BCUT2D eigenvalue weighted by atomic mass is 35.5. The molecule has 0 bridgehead atoms. The van der Waals surface area contributed by atoms with Crippen molar-refractivity contribution in [1.29, 1.82) is 0 Å². The maximum Gasteiger partial charge on any atom is 0.124 e. The zero-order valence-corrected chi connectivity index (χ0v) is 10.9. The third-order valence-corrected chi connectivity index (χ3v) is 4.44. The van der Waals surface area contributed by atoms with Crippen molar-refractivity contribution in [3.05, 3.63) is 34.6 Å². The summed E-state index contributed by atoms with van der Waals surface area (Å²) in [4.78, 5) is 0. The van der Waals surface area contributed by atoms with Gasteiger partial charge in [0.25, 0.3) is 0 Å². The topological polar surface area (TPSA) is 26.0 Å². The minimum Gasteiger partial charge on any atom is -0.330 e. The summed E-state index contributed by atoms with van der Waals surface area (Å²) >= 11 is 6.17. The number of rotatable bonds is 2. The summed E-state index contributed by atoms with van der Waals surface area (Å²) in [5.41, 5.74) is 6.95. The third-order valence-electron chi connectivity index (χ3n) is 4.12. The van der Waals surface area contributed by atoms with Gasteiger partial charge in [-0.05, 0) is 49.3 Å². The average Bonchev–Trinajstić information content (AvgIpc) is 2.31. The molecule has 0 spiro atoms. The molecule has 1 aromatic carbocycles. The van der Waals surface area contributed by atoms with Gasteiger partial charge in [0.1, 0.15) is 5.82 Å². The molecular formula is C14H19ClFN. The van der Waals surface area contributed by atoms with Crippen LogP contribution in [0.4, 0.5) is 4.39 Å². The van der Waals surface area contributed by atoms with Crippen molar-refractivity contribution in [3.8, 4) is 0 Å². The summed E-state index contributed by atoms with van der Waals surface area (Å²) in [5.74, 6) is 0.476. The number of hydrogen-bond acceptors (Lipinski definition) is 1. The van der Waals surface area contributed by atoms with Crippen LogP contribution in [0.2, 0.25) is 5.02 Å². The second kappa shape index (κ2) is 4.95. The van der Waals surface area contributed by atoms with E-state index >= 15 is 0 Å². The minimum absolute atomic E-state index is 0.0444. The third kappa shape index (κ3) is 2.48. The van der Waals surface area contributed by atoms with E-state index in [4.69, 9.17) is 17.3 Å². The van der Waals surface area contributed by atoms with E-state index in [2.05, 4.69) is 6.92 Å². The smallest absolute Gasteiger partial charge is 0.124 e. The Kier molecular flexibility index (Phi) is 3.74. The molecule has 17 heavy (non-hydrogen) atoms. The zero-order valence-electron chi connectivity index (χ0n) is 10.2. The zero-order chi connectivity index (χ0) is 12.5. The van der Waals surface area contributed by atoms with Gasteiger partial charge in [-0.25, -0.2) is 4.39 Å². The summed E-state index contributed by atoms with van der Waals surface area (Å²) in [6.45, 7) is 2.86. The highest BCUT2D eigenvalue weighted by molar-refractivity contribution is 6.31. The first-order chi connectivity index (χ1) is 8.07. The fourth-order valence-corrected chi connectivity index (χ4v) is 3.19. The van der Waals surface area contributed by atoms with Crippen molar-refractivity contribution in [2.45, 2.75) is 38.0 Å². The van der Waals surface area contributed by atoms with Crippen LogP contribution in [0.5, 0.6) is 0 Å². The molecule has 2 N–H and O–H groups in total. The number of halogens is 2. The van der Waals surface area contributed by atoms with Crippen molar-refractivity contribution in [2.24, 2.45) is 11.7 Å². The Morgan fingerprint density at radius 3 is 2.59 bits per heavy atom. The van der Waals surface area contributed by atoms with Crippen LogP contribution in [0, 0.1) is 11.7 Å². The maximum atomic E-state index is 13.1. The van der Waals surface area contributed by atoms with Gasteiger partial charge in [-0.1, -0.05) is 24.6 Å². The molecule has 0 amide bonds. The molecule has 0 unspecified atom stereocenters. The molecule has 0 aromatic heterocycles. The van der Waals surface area contributed by atoms with Crippen LogP contribution in [0.1, 0.15) is 38.2 Å². The second-order valence-corrected chi connectivity index (χ2v) is 5.70. The Bertz CT molecular complexity index is 397. The Labute approximate surface area is 107 Å². The molecule has 0 saturated heterocycles. The van der Waals surface area contributed by atoms with Gasteiger partial charge in [0.05, 0.1) is 0 Å². The normalized spacial score (nSPS) is 29.3. The molecule has 2 rings (SSSR count). The fraction of sp³-hybridized carbons (Fsp3) is 0.571. The highest BCUT2D eigenvalue weighted by Crippen LogP contribution is 2.43. The molecule has 0 atom stereocenters. The fourth-order valence-electron chi connectivity index (χ4n) is 2.82. The van der Waals surface area contributed by atoms with Crippen molar-refractivity contribution >= 4 is 11.6 Å². The van der Waals surface area contributed by atoms with E-state index < -0.39 is 0 Å². The molecule has 0 heterocycles. The molecule has 1 aliphatic carbocycles. The van der Waals surface area contributed by atoms with Gasteiger partial charge < -0.3 is 5.73 Å². The van der Waals surface area contributed by atoms with Gasteiger partial charge in [-0.2, -0.15) is 0 Å². The van der Waals surface area contributed by atoms with E-state index in [1.165, 1.54) is 25.0 Å². The lowest BCUT2D eigenvalue weighted by atomic mass is 9.67. The SMILES string of the molecule is CC1CCC(CN)(c2ccc(F)cc2Cl)CC1. The Morgan fingerprint density at radius 2 is 2.06 bits per heavy atom. The summed E-state index contributed by atoms with van der Waals surface area (Å²) in [6.07, 6.45) is 4.45.